The highest BCUT2D eigenvalue weighted by Gasteiger charge is 2.10. The maximum Gasteiger partial charge on any atom is 0.223 e. The van der Waals surface area contributed by atoms with Crippen LogP contribution in [0.25, 0.3) is 22.4 Å². The highest BCUT2D eigenvalue weighted by atomic mass is 35.5. The Morgan fingerprint density at radius 3 is 2.82 bits per heavy atom. The summed E-state index contributed by atoms with van der Waals surface area (Å²) >= 11 is 5.93. The lowest BCUT2D eigenvalue weighted by Crippen LogP contribution is -1.90. The molecule has 17 heavy (non-hydrogen) atoms. The number of aryl methyl sites for hydroxylation is 1. The van der Waals surface area contributed by atoms with E-state index in [1.165, 1.54) is 0 Å². The van der Waals surface area contributed by atoms with Crippen LogP contribution in [0.1, 0.15) is 5.56 Å². The van der Waals surface area contributed by atoms with Crippen LogP contribution in [-0.4, -0.2) is 9.97 Å². The number of furan rings is 1. The SMILES string of the molecule is Cc1ccc2c(-c3ccco3)nc(Cl)nc2c1. The van der Waals surface area contributed by atoms with E-state index in [1.807, 2.05) is 37.3 Å². The first kappa shape index (κ1) is 10.3. The van der Waals surface area contributed by atoms with Gasteiger partial charge in [0.05, 0.1) is 11.8 Å². The summed E-state index contributed by atoms with van der Waals surface area (Å²) in [6.07, 6.45) is 1.62. The van der Waals surface area contributed by atoms with Crippen molar-refractivity contribution in [1.82, 2.24) is 9.97 Å². The first-order chi connectivity index (χ1) is 8.24. The van der Waals surface area contributed by atoms with Crippen LogP contribution in [0.4, 0.5) is 0 Å². The van der Waals surface area contributed by atoms with Gasteiger partial charge in [-0.25, -0.2) is 9.97 Å². The maximum absolute atomic E-state index is 5.93. The second-order valence-electron chi connectivity index (χ2n) is 3.84. The van der Waals surface area contributed by atoms with Gasteiger partial charge in [-0.3, -0.25) is 0 Å². The third-order valence-electron chi connectivity index (χ3n) is 2.58. The van der Waals surface area contributed by atoms with E-state index in [-0.39, 0.29) is 5.28 Å². The molecule has 0 N–H and O–H groups in total. The molecule has 0 aliphatic rings. The highest BCUT2D eigenvalue weighted by molar-refractivity contribution is 6.28. The average Bonchev–Trinajstić information content (AvgIpc) is 2.80. The number of fused-ring (bicyclic) bond motifs is 1. The molecule has 0 amide bonds. The van der Waals surface area contributed by atoms with E-state index in [2.05, 4.69) is 9.97 Å². The molecule has 0 radical (unpaired) electrons. The van der Waals surface area contributed by atoms with Crippen LogP contribution in [0.5, 0.6) is 0 Å². The van der Waals surface area contributed by atoms with E-state index in [1.54, 1.807) is 6.26 Å². The molecule has 2 aromatic heterocycles. The molecular formula is C13H9ClN2O. The smallest absolute Gasteiger partial charge is 0.223 e. The third-order valence-corrected chi connectivity index (χ3v) is 2.75. The molecule has 3 aromatic rings. The Kier molecular flexibility index (Phi) is 2.34. The van der Waals surface area contributed by atoms with Crippen molar-refractivity contribution in [3.63, 3.8) is 0 Å². The van der Waals surface area contributed by atoms with Crippen molar-refractivity contribution in [2.45, 2.75) is 6.92 Å². The molecule has 2 heterocycles. The summed E-state index contributed by atoms with van der Waals surface area (Å²) in [5.41, 5.74) is 2.69. The maximum atomic E-state index is 5.93. The molecule has 3 rings (SSSR count). The minimum absolute atomic E-state index is 0.231. The lowest BCUT2D eigenvalue weighted by atomic mass is 10.1. The Bertz CT molecular complexity index is 672. The van der Waals surface area contributed by atoms with Crippen LogP contribution in [0.2, 0.25) is 5.28 Å². The van der Waals surface area contributed by atoms with E-state index < -0.39 is 0 Å². The molecule has 0 saturated heterocycles. The van der Waals surface area contributed by atoms with Crippen molar-refractivity contribution in [3.05, 3.63) is 47.4 Å². The van der Waals surface area contributed by atoms with Gasteiger partial charge in [0.2, 0.25) is 5.28 Å². The number of halogens is 1. The first-order valence-corrected chi connectivity index (χ1v) is 5.59. The Morgan fingerprint density at radius 1 is 1.18 bits per heavy atom. The molecule has 0 unspecified atom stereocenters. The molecule has 0 fully saturated rings. The zero-order valence-electron chi connectivity index (χ0n) is 9.14. The summed E-state index contributed by atoms with van der Waals surface area (Å²) in [7, 11) is 0. The quantitative estimate of drug-likeness (QED) is 0.611. The Balaban J connectivity index is 2.38. The summed E-state index contributed by atoms with van der Waals surface area (Å²) < 4.78 is 5.36. The molecule has 3 nitrogen and oxygen atoms in total. The van der Waals surface area contributed by atoms with Crippen molar-refractivity contribution < 1.29 is 4.42 Å². The molecule has 0 aliphatic carbocycles. The van der Waals surface area contributed by atoms with Crippen molar-refractivity contribution >= 4 is 22.5 Å². The fourth-order valence-corrected chi connectivity index (χ4v) is 1.99. The summed E-state index contributed by atoms with van der Waals surface area (Å²) in [5.74, 6) is 0.697. The predicted octanol–water partition coefficient (Wildman–Crippen LogP) is 3.85. The van der Waals surface area contributed by atoms with Gasteiger partial charge in [0, 0.05) is 5.39 Å². The first-order valence-electron chi connectivity index (χ1n) is 5.22. The van der Waals surface area contributed by atoms with Gasteiger partial charge < -0.3 is 4.42 Å². The molecule has 84 valence electrons. The van der Waals surface area contributed by atoms with Gasteiger partial charge in [0.1, 0.15) is 5.69 Å². The van der Waals surface area contributed by atoms with E-state index in [0.717, 1.165) is 22.2 Å². The fourth-order valence-electron chi connectivity index (χ4n) is 1.81. The number of nitrogens with zero attached hydrogens (tertiary/aromatic N) is 2. The van der Waals surface area contributed by atoms with Crippen molar-refractivity contribution in [2.24, 2.45) is 0 Å². The minimum Gasteiger partial charge on any atom is -0.463 e. The van der Waals surface area contributed by atoms with Gasteiger partial charge in [-0.15, -0.1) is 0 Å². The van der Waals surface area contributed by atoms with Crippen molar-refractivity contribution in [2.75, 3.05) is 0 Å². The summed E-state index contributed by atoms with van der Waals surface area (Å²) in [6, 6.07) is 9.67. The zero-order valence-corrected chi connectivity index (χ0v) is 9.90. The molecule has 0 aliphatic heterocycles. The summed E-state index contributed by atoms with van der Waals surface area (Å²) in [6.45, 7) is 2.02. The van der Waals surface area contributed by atoms with E-state index in [0.29, 0.717) is 5.76 Å². The van der Waals surface area contributed by atoms with Crippen molar-refractivity contribution in [3.8, 4) is 11.5 Å². The standard InChI is InChI=1S/C13H9ClN2O/c1-8-4-5-9-10(7-8)15-13(14)16-12(9)11-3-2-6-17-11/h2-7H,1H3. The van der Waals surface area contributed by atoms with Gasteiger partial charge in [-0.05, 0) is 42.3 Å². The molecule has 4 heteroatoms. The number of rotatable bonds is 1. The third kappa shape index (κ3) is 1.78. The molecular weight excluding hydrogens is 236 g/mol. The second kappa shape index (κ2) is 3.86. The van der Waals surface area contributed by atoms with Crippen LogP contribution in [0.3, 0.4) is 0 Å². The molecule has 0 bridgehead atoms. The molecule has 0 atom stereocenters. The number of benzene rings is 1. The van der Waals surface area contributed by atoms with Gasteiger partial charge in [-0.2, -0.15) is 0 Å². The molecule has 0 saturated carbocycles. The van der Waals surface area contributed by atoms with Gasteiger partial charge in [-0.1, -0.05) is 12.1 Å². The average molecular weight is 245 g/mol. The largest absolute Gasteiger partial charge is 0.463 e. The molecule has 1 aromatic carbocycles. The Morgan fingerprint density at radius 2 is 2.06 bits per heavy atom. The lowest BCUT2D eigenvalue weighted by Gasteiger charge is -2.04. The zero-order chi connectivity index (χ0) is 11.8. The van der Waals surface area contributed by atoms with Gasteiger partial charge >= 0.3 is 0 Å². The van der Waals surface area contributed by atoms with Gasteiger partial charge in [0.15, 0.2) is 5.76 Å². The van der Waals surface area contributed by atoms with E-state index in [4.69, 9.17) is 16.0 Å². The minimum atomic E-state index is 0.231. The van der Waals surface area contributed by atoms with Crippen LogP contribution in [-0.2, 0) is 0 Å². The monoisotopic (exact) mass is 244 g/mol. The number of hydrogen-bond acceptors (Lipinski definition) is 3. The summed E-state index contributed by atoms with van der Waals surface area (Å²) in [5, 5.41) is 1.17. The predicted molar refractivity (Wildman–Crippen MR) is 67.0 cm³/mol. The Hall–Kier alpha value is -1.87. The van der Waals surface area contributed by atoms with Gasteiger partial charge in [0.25, 0.3) is 0 Å². The molecule has 0 spiro atoms. The highest BCUT2D eigenvalue weighted by Crippen LogP contribution is 2.27. The fraction of sp³-hybridized carbons (Fsp3) is 0.0769. The number of hydrogen-bond donors (Lipinski definition) is 0. The topological polar surface area (TPSA) is 38.9 Å². The second-order valence-corrected chi connectivity index (χ2v) is 4.18. The van der Waals surface area contributed by atoms with Crippen molar-refractivity contribution in [1.29, 1.82) is 0 Å². The summed E-state index contributed by atoms with van der Waals surface area (Å²) in [4.78, 5) is 8.45. The number of aromatic nitrogens is 2. The van der Waals surface area contributed by atoms with E-state index >= 15 is 0 Å². The van der Waals surface area contributed by atoms with Crippen LogP contribution >= 0.6 is 11.6 Å². The van der Waals surface area contributed by atoms with Crippen LogP contribution in [0, 0.1) is 6.92 Å². The normalized spacial score (nSPS) is 10.9. The van der Waals surface area contributed by atoms with Crippen LogP contribution in [0.15, 0.2) is 41.0 Å². The Labute approximate surface area is 103 Å². The van der Waals surface area contributed by atoms with E-state index in [9.17, 15) is 0 Å². The van der Waals surface area contributed by atoms with Crippen LogP contribution < -0.4 is 0 Å². The lowest BCUT2D eigenvalue weighted by molar-refractivity contribution is 0.580.